The number of pyridine rings is 2. The number of aromatic nitrogens is 2. The maximum Gasteiger partial charge on any atom is 0.392 e. The monoisotopic (exact) mass is 340 g/mol. The molecule has 3 N–H and O–H groups in total. The number of nitrogens with two attached hydrogens (primary N) is 1. The lowest BCUT2D eigenvalue weighted by Gasteiger charge is -2.09. The summed E-state index contributed by atoms with van der Waals surface area (Å²) in [7, 11) is 0. The third-order valence-electron chi connectivity index (χ3n) is 2.93. The van der Waals surface area contributed by atoms with E-state index in [0.29, 0.717) is 11.1 Å². The predicted octanol–water partition coefficient (Wildman–Crippen LogP) is 2.32. The van der Waals surface area contributed by atoms with Crippen LogP contribution in [-0.2, 0) is 6.54 Å². The molecule has 0 aliphatic heterocycles. The minimum absolute atomic E-state index is 0.0937. The van der Waals surface area contributed by atoms with Crippen LogP contribution in [0.1, 0.15) is 22.3 Å². The van der Waals surface area contributed by atoms with Gasteiger partial charge in [-0.25, -0.2) is 9.97 Å². The van der Waals surface area contributed by atoms with Crippen LogP contribution in [0.5, 0.6) is 5.88 Å². The van der Waals surface area contributed by atoms with E-state index in [4.69, 9.17) is 10.5 Å². The van der Waals surface area contributed by atoms with Gasteiger partial charge in [0.05, 0.1) is 13.0 Å². The standard InChI is InChI=1S/C15H15F3N4O2/c16-15(17,18)4-6-24-13-2-1-10(8-21-13)9-22-14(23)11-3-5-20-12(19)7-11/h1-3,5,7-8H,4,6,9H2,(H2,19,20)(H,22,23). The zero-order chi connectivity index (χ0) is 17.6. The lowest BCUT2D eigenvalue weighted by Crippen LogP contribution is -2.23. The van der Waals surface area contributed by atoms with Crippen LogP contribution in [0.4, 0.5) is 19.0 Å². The maximum absolute atomic E-state index is 12.0. The number of carbonyl (C=O) groups excluding carboxylic acids is 1. The summed E-state index contributed by atoms with van der Waals surface area (Å²) in [5.41, 5.74) is 6.55. The van der Waals surface area contributed by atoms with Gasteiger partial charge in [-0.2, -0.15) is 13.2 Å². The number of anilines is 1. The van der Waals surface area contributed by atoms with Gasteiger partial charge in [0.2, 0.25) is 5.88 Å². The first kappa shape index (κ1) is 17.5. The van der Waals surface area contributed by atoms with Gasteiger partial charge in [-0.3, -0.25) is 4.79 Å². The molecule has 0 aliphatic carbocycles. The molecule has 128 valence electrons. The fourth-order valence-electron chi connectivity index (χ4n) is 1.75. The van der Waals surface area contributed by atoms with Gasteiger partial charge < -0.3 is 15.8 Å². The van der Waals surface area contributed by atoms with Crippen molar-refractivity contribution in [3.8, 4) is 5.88 Å². The molecule has 0 atom stereocenters. The van der Waals surface area contributed by atoms with Crippen LogP contribution in [0, 0.1) is 0 Å². The van der Waals surface area contributed by atoms with E-state index in [1.165, 1.54) is 30.6 Å². The topological polar surface area (TPSA) is 90.1 Å². The maximum atomic E-state index is 12.0. The molecule has 0 unspecified atom stereocenters. The second kappa shape index (κ2) is 7.62. The number of hydrogen-bond donors (Lipinski definition) is 2. The Hall–Kier alpha value is -2.84. The molecule has 2 heterocycles. The van der Waals surface area contributed by atoms with Crippen molar-refractivity contribution in [2.45, 2.75) is 19.1 Å². The number of ether oxygens (including phenoxy) is 1. The molecule has 0 saturated carbocycles. The first-order valence-corrected chi connectivity index (χ1v) is 6.98. The second-order valence-electron chi connectivity index (χ2n) is 4.87. The van der Waals surface area contributed by atoms with Gasteiger partial charge in [-0.1, -0.05) is 6.07 Å². The van der Waals surface area contributed by atoms with E-state index in [1.807, 2.05) is 0 Å². The molecule has 2 rings (SSSR count). The van der Waals surface area contributed by atoms with E-state index in [9.17, 15) is 18.0 Å². The normalized spacial score (nSPS) is 11.1. The zero-order valence-corrected chi connectivity index (χ0v) is 12.5. The molecule has 24 heavy (non-hydrogen) atoms. The van der Waals surface area contributed by atoms with E-state index >= 15 is 0 Å². The van der Waals surface area contributed by atoms with E-state index in [1.54, 1.807) is 6.07 Å². The van der Waals surface area contributed by atoms with Crippen molar-refractivity contribution in [2.75, 3.05) is 12.3 Å². The van der Waals surface area contributed by atoms with Crippen LogP contribution in [-0.4, -0.2) is 28.7 Å². The molecule has 0 radical (unpaired) electrons. The van der Waals surface area contributed by atoms with E-state index in [-0.39, 0.29) is 24.1 Å². The first-order chi connectivity index (χ1) is 11.3. The summed E-state index contributed by atoms with van der Waals surface area (Å²) < 4.78 is 40.9. The van der Waals surface area contributed by atoms with E-state index in [0.717, 1.165) is 0 Å². The number of amides is 1. The van der Waals surface area contributed by atoms with Gasteiger partial charge in [0.1, 0.15) is 5.82 Å². The van der Waals surface area contributed by atoms with Gasteiger partial charge in [0.25, 0.3) is 5.91 Å². The molecule has 0 spiro atoms. The summed E-state index contributed by atoms with van der Waals surface area (Å²) in [6, 6.07) is 6.03. The molecule has 0 aromatic carbocycles. The van der Waals surface area contributed by atoms with Crippen molar-refractivity contribution in [1.82, 2.24) is 15.3 Å². The lowest BCUT2D eigenvalue weighted by molar-refractivity contribution is -0.139. The van der Waals surface area contributed by atoms with Crippen molar-refractivity contribution in [3.63, 3.8) is 0 Å². The number of nitrogens with zero attached hydrogens (tertiary/aromatic N) is 2. The molecule has 0 saturated heterocycles. The second-order valence-corrected chi connectivity index (χ2v) is 4.87. The van der Waals surface area contributed by atoms with Crippen LogP contribution >= 0.6 is 0 Å². The Morgan fingerprint density at radius 3 is 2.67 bits per heavy atom. The van der Waals surface area contributed by atoms with Gasteiger partial charge >= 0.3 is 6.18 Å². The molecule has 2 aromatic heterocycles. The molecule has 1 amide bonds. The van der Waals surface area contributed by atoms with Crippen molar-refractivity contribution < 1.29 is 22.7 Å². The largest absolute Gasteiger partial charge is 0.477 e. The fourth-order valence-corrected chi connectivity index (χ4v) is 1.75. The highest BCUT2D eigenvalue weighted by Gasteiger charge is 2.26. The van der Waals surface area contributed by atoms with Crippen LogP contribution in [0.2, 0.25) is 0 Å². The van der Waals surface area contributed by atoms with Crippen LogP contribution in [0.25, 0.3) is 0 Å². The summed E-state index contributed by atoms with van der Waals surface area (Å²) >= 11 is 0. The van der Waals surface area contributed by atoms with Gasteiger partial charge in [-0.15, -0.1) is 0 Å². The predicted molar refractivity (Wildman–Crippen MR) is 80.2 cm³/mol. The van der Waals surface area contributed by atoms with E-state index in [2.05, 4.69) is 15.3 Å². The Labute approximate surface area is 135 Å². The average Bonchev–Trinajstić information content (AvgIpc) is 2.52. The summed E-state index contributed by atoms with van der Waals surface area (Å²) in [6.07, 6.45) is -2.45. The third kappa shape index (κ3) is 5.75. The molecule has 0 aliphatic rings. The van der Waals surface area contributed by atoms with Crippen LogP contribution < -0.4 is 15.8 Å². The smallest absolute Gasteiger partial charge is 0.392 e. The summed E-state index contributed by atoms with van der Waals surface area (Å²) in [5, 5.41) is 2.67. The highest BCUT2D eigenvalue weighted by Crippen LogP contribution is 2.19. The van der Waals surface area contributed by atoms with Crippen LogP contribution in [0.15, 0.2) is 36.7 Å². The van der Waals surface area contributed by atoms with Crippen molar-refractivity contribution in [2.24, 2.45) is 0 Å². The summed E-state index contributed by atoms with van der Waals surface area (Å²) in [6.45, 7) is -0.285. The molecule has 0 fully saturated rings. The number of rotatable bonds is 6. The van der Waals surface area contributed by atoms with Gasteiger partial charge in [-0.05, 0) is 17.7 Å². The number of hydrogen-bond acceptors (Lipinski definition) is 5. The fraction of sp³-hybridized carbons (Fsp3) is 0.267. The summed E-state index contributed by atoms with van der Waals surface area (Å²) in [4.78, 5) is 19.6. The van der Waals surface area contributed by atoms with Crippen molar-refractivity contribution in [3.05, 3.63) is 47.8 Å². The third-order valence-corrected chi connectivity index (χ3v) is 2.93. The Balaban J connectivity index is 1.82. The number of halogens is 3. The number of nitrogens with one attached hydrogen (secondary N) is 1. The zero-order valence-electron chi connectivity index (χ0n) is 12.5. The van der Waals surface area contributed by atoms with Crippen molar-refractivity contribution >= 4 is 11.7 Å². The Morgan fingerprint density at radius 2 is 2.04 bits per heavy atom. The SMILES string of the molecule is Nc1cc(C(=O)NCc2ccc(OCCC(F)(F)F)nc2)ccn1. The number of alkyl halides is 3. The van der Waals surface area contributed by atoms with Gasteiger partial charge in [0.15, 0.2) is 0 Å². The average molecular weight is 340 g/mol. The lowest BCUT2D eigenvalue weighted by atomic mass is 10.2. The van der Waals surface area contributed by atoms with Crippen LogP contribution in [0.3, 0.4) is 0 Å². The first-order valence-electron chi connectivity index (χ1n) is 6.98. The molecular formula is C15H15F3N4O2. The minimum Gasteiger partial charge on any atom is -0.477 e. The number of carbonyl (C=O) groups is 1. The molecular weight excluding hydrogens is 325 g/mol. The Bertz CT molecular complexity index is 690. The molecule has 0 bridgehead atoms. The highest BCUT2D eigenvalue weighted by atomic mass is 19.4. The molecule has 9 heteroatoms. The minimum atomic E-state index is -4.26. The Morgan fingerprint density at radius 1 is 1.25 bits per heavy atom. The quantitative estimate of drug-likeness (QED) is 0.842. The van der Waals surface area contributed by atoms with Gasteiger partial charge in [0, 0.05) is 30.6 Å². The van der Waals surface area contributed by atoms with Crippen molar-refractivity contribution in [1.29, 1.82) is 0 Å². The van der Waals surface area contributed by atoms with E-state index < -0.39 is 19.2 Å². The summed E-state index contributed by atoms with van der Waals surface area (Å²) in [5.74, 6) is 0.00973. The highest BCUT2D eigenvalue weighted by molar-refractivity contribution is 5.94. The Kier molecular flexibility index (Phi) is 5.56. The molecule has 2 aromatic rings. The molecule has 6 nitrogen and oxygen atoms in total. The number of nitrogen functional groups attached to an aromatic ring is 1.